The summed E-state index contributed by atoms with van der Waals surface area (Å²) in [5.74, 6) is 1.87. The van der Waals surface area contributed by atoms with Gasteiger partial charge >= 0.3 is 0 Å². The van der Waals surface area contributed by atoms with Crippen LogP contribution in [0.25, 0.3) is 0 Å². The van der Waals surface area contributed by atoms with Crippen LogP contribution in [0.2, 0.25) is 5.02 Å². The number of anilines is 1. The van der Waals surface area contributed by atoms with E-state index in [2.05, 4.69) is 0 Å². The Morgan fingerprint density at radius 1 is 1.05 bits per heavy atom. The molecule has 0 fully saturated rings. The fourth-order valence-corrected chi connectivity index (χ4v) is 1.93. The first-order valence-electron chi connectivity index (χ1n) is 6.46. The molecule has 0 amide bonds. The molecule has 2 rings (SSSR count). The summed E-state index contributed by atoms with van der Waals surface area (Å²) in [6, 6.07) is 11.0. The molecule has 0 saturated heterocycles. The van der Waals surface area contributed by atoms with Crippen molar-refractivity contribution in [1.29, 1.82) is 0 Å². The minimum atomic E-state index is 0.0560. The number of para-hydroxylation sites is 1. The molecule has 0 saturated carbocycles. The quantitative estimate of drug-likeness (QED) is 0.822. The van der Waals surface area contributed by atoms with Crippen LogP contribution in [-0.2, 0) is 0 Å². The minimum absolute atomic E-state index is 0.0560. The van der Waals surface area contributed by atoms with E-state index < -0.39 is 0 Å². The molecular formula is C16H18ClNO2. The number of nitrogen functional groups attached to an aromatic ring is 1. The van der Waals surface area contributed by atoms with E-state index in [-0.39, 0.29) is 6.10 Å². The molecule has 2 aromatic rings. The Bertz CT molecular complexity index is 611. The van der Waals surface area contributed by atoms with Gasteiger partial charge in [-0.1, -0.05) is 23.7 Å². The van der Waals surface area contributed by atoms with Gasteiger partial charge in [-0.15, -0.1) is 0 Å². The highest BCUT2D eigenvalue weighted by molar-refractivity contribution is 6.30. The van der Waals surface area contributed by atoms with Crippen LogP contribution in [0.4, 0.5) is 5.69 Å². The van der Waals surface area contributed by atoms with Gasteiger partial charge in [-0.3, -0.25) is 0 Å². The summed E-state index contributed by atoms with van der Waals surface area (Å²) in [6.07, 6.45) is 0.0560. The lowest BCUT2D eigenvalue weighted by molar-refractivity contribution is 0.243. The van der Waals surface area contributed by atoms with E-state index >= 15 is 0 Å². The highest BCUT2D eigenvalue weighted by atomic mass is 35.5. The van der Waals surface area contributed by atoms with Gasteiger partial charge in [0.15, 0.2) is 5.75 Å². The monoisotopic (exact) mass is 291 g/mol. The van der Waals surface area contributed by atoms with E-state index in [0.717, 1.165) is 5.56 Å². The van der Waals surface area contributed by atoms with E-state index in [1.54, 1.807) is 6.07 Å². The van der Waals surface area contributed by atoms with E-state index in [9.17, 15) is 0 Å². The lowest BCUT2D eigenvalue weighted by Crippen LogP contribution is -2.07. The van der Waals surface area contributed by atoms with Crippen LogP contribution in [0.15, 0.2) is 36.4 Å². The fourth-order valence-electron chi connectivity index (χ4n) is 1.77. The Kier molecular flexibility index (Phi) is 4.40. The van der Waals surface area contributed by atoms with Crippen molar-refractivity contribution < 1.29 is 9.47 Å². The average molecular weight is 292 g/mol. The summed E-state index contributed by atoms with van der Waals surface area (Å²) in [5, 5.41) is 0.624. The van der Waals surface area contributed by atoms with Gasteiger partial charge in [0.2, 0.25) is 0 Å². The second kappa shape index (κ2) is 6.06. The lowest BCUT2D eigenvalue weighted by Gasteiger charge is -2.16. The summed E-state index contributed by atoms with van der Waals surface area (Å²) in [6.45, 7) is 5.86. The first-order chi connectivity index (χ1) is 9.47. The molecule has 20 heavy (non-hydrogen) atoms. The van der Waals surface area contributed by atoms with Crippen molar-refractivity contribution >= 4 is 17.3 Å². The molecule has 0 unspecified atom stereocenters. The smallest absolute Gasteiger partial charge is 0.154 e. The number of benzene rings is 2. The predicted molar refractivity (Wildman–Crippen MR) is 82.9 cm³/mol. The van der Waals surface area contributed by atoms with Gasteiger partial charge in [0.25, 0.3) is 0 Å². The summed E-state index contributed by atoms with van der Waals surface area (Å²) < 4.78 is 11.5. The largest absolute Gasteiger partial charge is 0.489 e. The van der Waals surface area contributed by atoms with Gasteiger partial charge in [0.1, 0.15) is 17.2 Å². The molecule has 0 aliphatic carbocycles. The number of rotatable bonds is 4. The van der Waals surface area contributed by atoms with Crippen molar-refractivity contribution in [3.05, 3.63) is 47.0 Å². The van der Waals surface area contributed by atoms with Crippen molar-refractivity contribution in [3.63, 3.8) is 0 Å². The fraction of sp³-hybridized carbons (Fsp3) is 0.250. The highest BCUT2D eigenvalue weighted by Gasteiger charge is 2.11. The molecule has 0 radical (unpaired) electrons. The molecule has 0 aromatic heterocycles. The van der Waals surface area contributed by atoms with Crippen molar-refractivity contribution in [1.82, 2.24) is 0 Å². The molecule has 2 N–H and O–H groups in total. The molecule has 3 nitrogen and oxygen atoms in total. The van der Waals surface area contributed by atoms with Crippen LogP contribution >= 0.6 is 11.6 Å². The normalized spacial score (nSPS) is 10.7. The van der Waals surface area contributed by atoms with Crippen molar-refractivity contribution in [2.45, 2.75) is 26.9 Å². The topological polar surface area (TPSA) is 44.5 Å². The third kappa shape index (κ3) is 3.36. The Morgan fingerprint density at radius 3 is 2.45 bits per heavy atom. The van der Waals surface area contributed by atoms with E-state index in [0.29, 0.717) is 28.0 Å². The summed E-state index contributed by atoms with van der Waals surface area (Å²) in [5.41, 5.74) is 7.56. The third-order valence-electron chi connectivity index (χ3n) is 2.76. The number of hydrogen-bond donors (Lipinski definition) is 1. The van der Waals surface area contributed by atoms with Crippen molar-refractivity contribution in [3.8, 4) is 17.2 Å². The molecule has 106 valence electrons. The van der Waals surface area contributed by atoms with Gasteiger partial charge in [-0.05, 0) is 50.6 Å². The highest BCUT2D eigenvalue weighted by Crippen LogP contribution is 2.36. The summed E-state index contributed by atoms with van der Waals surface area (Å²) in [7, 11) is 0. The lowest BCUT2D eigenvalue weighted by atomic mass is 10.2. The van der Waals surface area contributed by atoms with Crippen molar-refractivity contribution in [2.75, 3.05) is 5.73 Å². The van der Waals surface area contributed by atoms with Crippen LogP contribution in [0, 0.1) is 6.92 Å². The molecule has 0 bridgehead atoms. The van der Waals surface area contributed by atoms with Crippen LogP contribution < -0.4 is 15.2 Å². The van der Waals surface area contributed by atoms with Crippen LogP contribution in [0.5, 0.6) is 17.2 Å². The van der Waals surface area contributed by atoms with Gasteiger partial charge in [0, 0.05) is 5.02 Å². The molecule has 0 spiro atoms. The molecule has 0 heterocycles. The van der Waals surface area contributed by atoms with Gasteiger partial charge < -0.3 is 15.2 Å². The number of aryl methyl sites for hydroxylation is 1. The number of halogens is 1. The van der Waals surface area contributed by atoms with Crippen LogP contribution in [0.1, 0.15) is 19.4 Å². The Hall–Kier alpha value is -1.87. The predicted octanol–water partition coefficient (Wildman–Crippen LogP) is 4.81. The van der Waals surface area contributed by atoms with Gasteiger partial charge in [-0.25, -0.2) is 0 Å². The Morgan fingerprint density at radius 2 is 1.75 bits per heavy atom. The maximum Gasteiger partial charge on any atom is 0.154 e. The summed E-state index contributed by atoms with van der Waals surface area (Å²) >= 11 is 5.99. The SMILES string of the molecule is Cc1ccc(Cl)cc1Oc1cccc(OC(C)C)c1N. The number of ether oxygens (including phenoxy) is 2. The molecule has 4 heteroatoms. The zero-order valence-electron chi connectivity index (χ0n) is 11.8. The zero-order chi connectivity index (χ0) is 14.7. The number of nitrogens with two attached hydrogens (primary N) is 1. The molecule has 0 atom stereocenters. The van der Waals surface area contributed by atoms with E-state index in [1.165, 1.54) is 0 Å². The van der Waals surface area contributed by atoms with Crippen molar-refractivity contribution in [2.24, 2.45) is 0 Å². The second-order valence-electron chi connectivity index (χ2n) is 4.85. The first-order valence-corrected chi connectivity index (χ1v) is 6.84. The molecule has 2 aromatic carbocycles. The maximum atomic E-state index is 6.08. The minimum Gasteiger partial charge on any atom is -0.489 e. The van der Waals surface area contributed by atoms with E-state index in [1.807, 2.05) is 51.1 Å². The zero-order valence-corrected chi connectivity index (χ0v) is 12.6. The van der Waals surface area contributed by atoms with E-state index in [4.69, 9.17) is 26.8 Å². The van der Waals surface area contributed by atoms with Gasteiger partial charge in [-0.2, -0.15) is 0 Å². The first kappa shape index (κ1) is 14.5. The van der Waals surface area contributed by atoms with Gasteiger partial charge in [0.05, 0.1) is 6.10 Å². The summed E-state index contributed by atoms with van der Waals surface area (Å²) in [4.78, 5) is 0. The van der Waals surface area contributed by atoms with Crippen LogP contribution in [-0.4, -0.2) is 6.10 Å². The third-order valence-corrected chi connectivity index (χ3v) is 2.99. The maximum absolute atomic E-state index is 6.08. The number of hydrogen-bond acceptors (Lipinski definition) is 3. The Labute approximate surface area is 124 Å². The molecule has 0 aliphatic rings. The molecule has 0 aliphatic heterocycles. The second-order valence-corrected chi connectivity index (χ2v) is 5.28. The standard InChI is InChI=1S/C16H18ClNO2/c1-10(2)19-13-5-4-6-14(16(13)18)20-15-9-12(17)8-7-11(15)3/h4-10H,18H2,1-3H3. The average Bonchev–Trinajstić information content (AvgIpc) is 2.38. The molecular weight excluding hydrogens is 274 g/mol. The van der Waals surface area contributed by atoms with Crippen LogP contribution in [0.3, 0.4) is 0 Å². The Balaban J connectivity index is 2.32.